The molecular formula is C10H12B2F8N2. The minimum Gasteiger partial charge on any atom is -0.418 e. The van der Waals surface area contributed by atoms with Crippen LogP contribution in [0.15, 0.2) is 60.3 Å². The lowest BCUT2D eigenvalue weighted by molar-refractivity contribution is -0.515. The molecule has 0 aromatic rings. The Hall–Kier alpha value is -1.81. The number of hydrogen-bond donors (Lipinski definition) is 2. The van der Waals surface area contributed by atoms with E-state index in [1.807, 2.05) is 10.6 Å². The molecule has 4 N–H and O–H groups in total. The van der Waals surface area contributed by atoms with E-state index in [9.17, 15) is 34.5 Å². The zero-order valence-electron chi connectivity index (χ0n) is 11.0. The molecule has 0 atom stereocenters. The van der Waals surface area contributed by atoms with Crippen LogP contribution in [-0.4, -0.2) is 14.5 Å². The highest BCUT2D eigenvalue weighted by molar-refractivity contribution is 6.50. The summed E-state index contributed by atoms with van der Waals surface area (Å²) >= 11 is 0. The van der Waals surface area contributed by atoms with Gasteiger partial charge in [-0.25, -0.2) is 0 Å². The molecule has 0 spiro atoms. The van der Waals surface area contributed by atoms with Crippen LogP contribution < -0.4 is 10.6 Å². The molecule has 124 valence electrons. The van der Waals surface area contributed by atoms with E-state index in [4.69, 9.17) is 0 Å². The molecule has 0 bridgehead atoms. The fraction of sp³-hybridized carbons (Fsp3) is 0. The lowest BCUT2D eigenvalue weighted by atomic mass is 10.1. The molecule has 0 radical (unpaired) electrons. The van der Waals surface area contributed by atoms with Crippen molar-refractivity contribution in [1.29, 1.82) is 0 Å². The number of halogens is 8. The van der Waals surface area contributed by atoms with Crippen LogP contribution in [0.4, 0.5) is 34.5 Å². The SMILES string of the molecule is C1=CC(=C2C=C[NH2+]C=C2)C=C[NH2+]1.F[B-](F)(F)F.F[B-](F)(F)F. The van der Waals surface area contributed by atoms with Gasteiger partial charge in [0.2, 0.25) is 0 Å². The minimum absolute atomic E-state index is 1.28. The van der Waals surface area contributed by atoms with Crippen LogP contribution in [0.5, 0.6) is 0 Å². The van der Waals surface area contributed by atoms with Crippen LogP contribution in [0.3, 0.4) is 0 Å². The van der Waals surface area contributed by atoms with Crippen molar-refractivity contribution in [2.75, 3.05) is 0 Å². The first-order chi connectivity index (χ1) is 9.97. The van der Waals surface area contributed by atoms with Crippen LogP contribution >= 0.6 is 0 Å². The highest BCUT2D eigenvalue weighted by Gasteiger charge is 2.21. The number of hydrogen-bond acceptors (Lipinski definition) is 0. The first-order valence-electron chi connectivity index (χ1n) is 5.82. The summed E-state index contributed by atoms with van der Waals surface area (Å²) in [6, 6.07) is 0. The van der Waals surface area contributed by atoms with Crippen LogP contribution in [0.2, 0.25) is 0 Å². The molecule has 2 aliphatic rings. The molecule has 0 aliphatic carbocycles. The Kier molecular flexibility index (Phi) is 8.50. The zero-order valence-corrected chi connectivity index (χ0v) is 11.0. The molecule has 0 saturated heterocycles. The molecular weight excluding hydrogens is 322 g/mol. The van der Waals surface area contributed by atoms with Gasteiger partial charge >= 0.3 is 14.5 Å². The molecule has 0 aromatic heterocycles. The van der Waals surface area contributed by atoms with E-state index in [1.165, 1.54) is 11.1 Å². The monoisotopic (exact) mass is 334 g/mol. The van der Waals surface area contributed by atoms with E-state index >= 15 is 0 Å². The van der Waals surface area contributed by atoms with Gasteiger partial charge in [-0.1, -0.05) is 0 Å². The van der Waals surface area contributed by atoms with Crippen molar-refractivity contribution >= 4 is 14.5 Å². The summed E-state index contributed by atoms with van der Waals surface area (Å²) in [6.45, 7) is 0. The van der Waals surface area contributed by atoms with Crippen molar-refractivity contribution in [3.8, 4) is 0 Å². The lowest BCUT2D eigenvalue weighted by Crippen LogP contribution is -2.71. The molecule has 2 nitrogen and oxygen atoms in total. The molecule has 0 fully saturated rings. The Labute approximate surface area is 121 Å². The Balaban J connectivity index is 0.000000372. The Morgan fingerprint density at radius 2 is 0.682 bits per heavy atom. The van der Waals surface area contributed by atoms with E-state index in [0.29, 0.717) is 0 Å². The smallest absolute Gasteiger partial charge is 0.418 e. The predicted octanol–water partition coefficient (Wildman–Crippen LogP) is 2.09. The van der Waals surface area contributed by atoms with Crippen molar-refractivity contribution in [3.63, 3.8) is 0 Å². The molecule has 22 heavy (non-hydrogen) atoms. The van der Waals surface area contributed by atoms with Crippen molar-refractivity contribution < 1.29 is 45.2 Å². The zero-order chi connectivity index (χ0) is 17.2. The average molecular weight is 334 g/mol. The van der Waals surface area contributed by atoms with Crippen LogP contribution in [-0.2, 0) is 0 Å². The van der Waals surface area contributed by atoms with Crippen LogP contribution in [0, 0.1) is 0 Å². The van der Waals surface area contributed by atoms with Gasteiger partial charge in [0.05, 0.1) is 24.8 Å². The maximum atomic E-state index is 9.75. The van der Waals surface area contributed by atoms with Gasteiger partial charge in [0.25, 0.3) is 0 Å². The van der Waals surface area contributed by atoms with Gasteiger partial charge in [0.1, 0.15) is 0 Å². The normalized spacial score (nSPS) is 16.7. The van der Waals surface area contributed by atoms with E-state index in [0.717, 1.165) is 0 Å². The predicted molar refractivity (Wildman–Crippen MR) is 67.8 cm³/mol. The quantitative estimate of drug-likeness (QED) is 0.503. The third-order valence-electron chi connectivity index (χ3n) is 1.88. The van der Waals surface area contributed by atoms with Crippen molar-refractivity contribution in [2.24, 2.45) is 0 Å². The summed E-state index contributed by atoms with van der Waals surface area (Å²) < 4.78 is 78.0. The highest BCUT2D eigenvalue weighted by atomic mass is 19.5. The minimum atomic E-state index is -6.00. The Morgan fingerprint density at radius 3 is 0.864 bits per heavy atom. The van der Waals surface area contributed by atoms with E-state index < -0.39 is 14.5 Å². The first-order valence-corrected chi connectivity index (χ1v) is 5.82. The standard InChI is InChI=1S/C10H10N2.2BF4/c1-5-11-6-2-9(1)10-3-7-12-8-4-10;2*2-1(3,4)5/h1-8,11-12H;;/q;2*-1/p+2. The average Bonchev–Trinajstić information content (AvgIpc) is 2.37. The largest absolute Gasteiger partial charge is 0.673 e. The summed E-state index contributed by atoms with van der Waals surface area (Å²) in [5.41, 5.74) is 2.55. The third kappa shape index (κ3) is 16.2. The fourth-order valence-electron chi connectivity index (χ4n) is 1.26. The second-order valence-electron chi connectivity index (χ2n) is 3.72. The number of allylic oxidation sites excluding steroid dienone is 6. The topological polar surface area (TPSA) is 33.2 Å². The van der Waals surface area contributed by atoms with Crippen LogP contribution in [0.1, 0.15) is 0 Å². The number of nitrogens with two attached hydrogens (primary N) is 2. The van der Waals surface area contributed by atoms with Gasteiger partial charge in [-0.2, -0.15) is 0 Å². The fourth-order valence-corrected chi connectivity index (χ4v) is 1.26. The first kappa shape index (κ1) is 20.2. The molecule has 0 aromatic carbocycles. The summed E-state index contributed by atoms with van der Waals surface area (Å²) in [7, 11) is -12.0. The second kappa shape index (κ2) is 9.26. The molecule has 0 unspecified atom stereocenters. The van der Waals surface area contributed by atoms with Gasteiger partial charge in [-0.15, -0.1) is 0 Å². The molecule has 2 heterocycles. The second-order valence-corrected chi connectivity index (χ2v) is 3.72. The molecule has 2 rings (SSSR count). The van der Waals surface area contributed by atoms with E-state index in [1.54, 1.807) is 0 Å². The maximum Gasteiger partial charge on any atom is 0.673 e. The van der Waals surface area contributed by atoms with Crippen LogP contribution in [0.25, 0.3) is 0 Å². The number of quaternary nitrogens is 2. The highest BCUT2D eigenvalue weighted by Crippen LogP contribution is 2.11. The molecule has 2 aliphatic heterocycles. The van der Waals surface area contributed by atoms with E-state index in [-0.39, 0.29) is 0 Å². The van der Waals surface area contributed by atoms with Gasteiger partial charge in [0, 0.05) is 0 Å². The molecule has 0 saturated carbocycles. The maximum absolute atomic E-state index is 9.75. The third-order valence-corrected chi connectivity index (χ3v) is 1.88. The summed E-state index contributed by atoms with van der Waals surface area (Å²) in [5.74, 6) is 0. The summed E-state index contributed by atoms with van der Waals surface area (Å²) in [4.78, 5) is 0. The number of rotatable bonds is 0. The van der Waals surface area contributed by atoms with Gasteiger partial charge in [-0.05, 0) is 35.5 Å². The van der Waals surface area contributed by atoms with Gasteiger partial charge in [0.15, 0.2) is 0 Å². The van der Waals surface area contributed by atoms with Gasteiger partial charge in [-0.3, -0.25) is 10.6 Å². The van der Waals surface area contributed by atoms with E-state index in [2.05, 4.69) is 49.1 Å². The van der Waals surface area contributed by atoms with Crippen molar-refractivity contribution in [1.82, 2.24) is 0 Å². The lowest BCUT2D eigenvalue weighted by Gasteiger charge is -2.03. The van der Waals surface area contributed by atoms with Crippen molar-refractivity contribution in [3.05, 3.63) is 60.3 Å². The van der Waals surface area contributed by atoms with Crippen molar-refractivity contribution in [2.45, 2.75) is 0 Å². The molecule has 12 heteroatoms. The Morgan fingerprint density at radius 1 is 0.500 bits per heavy atom. The summed E-state index contributed by atoms with van der Waals surface area (Å²) in [5, 5.41) is 4.07. The Bertz CT molecular complexity index is 404. The summed E-state index contributed by atoms with van der Waals surface area (Å²) in [6.07, 6.45) is 16.7. The van der Waals surface area contributed by atoms with Gasteiger partial charge < -0.3 is 34.5 Å². The molecule has 0 amide bonds.